The SMILES string of the molecule is O=C(NCCCN1CCOCC1)C1CCN(C(=O)c2ccc(F)cc2)CC1. The molecule has 0 spiro atoms. The van der Waals surface area contributed by atoms with Crippen LogP contribution in [0.3, 0.4) is 0 Å². The van der Waals surface area contributed by atoms with Gasteiger partial charge in [0, 0.05) is 44.2 Å². The van der Waals surface area contributed by atoms with Crippen LogP contribution in [-0.4, -0.2) is 74.1 Å². The average Bonchev–Trinajstić information content (AvgIpc) is 2.72. The van der Waals surface area contributed by atoms with E-state index in [1.165, 1.54) is 24.3 Å². The van der Waals surface area contributed by atoms with Crippen LogP contribution in [0.5, 0.6) is 0 Å². The Balaban J connectivity index is 1.35. The molecule has 0 radical (unpaired) electrons. The maximum atomic E-state index is 13.0. The van der Waals surface area contributed by atoms with Crippen LogP contribution >= 0.6 is 0 Å². The van der Waals surface area contributed by atoms with Gasteiger partial charge in [0.2, 0.25) is 5.91 Å². The predicted octanol–water partition coefficient (Wildman–Crippen LogP) is 1.52. The van der Waals surface area contributed by atoms with E-state index in [2.05, 4.69) is 10.2 Å². The number of benzene rings is 1. The van der Waals surface area contributed by atoms with Crippen LogP contribution in [0.2, 0.25) is 0 Å². The Hall–Kier alpha value is -1.99. The van der Waals surface area contributed by atoms with E-state index in [-0.39, 0.29) is 23.5 Å². The van der Waals surface area contributed by atoms with E-state index in [9.17, 15) is 14.0 Å². The van der Waals surface area contributed by atoms with Crippen molar-refractivity contribution in [3.8, 4) is 0 Å². The first kappa shape index (κ1) is 19.8. The molecule has 2 amide bonds. The Kier molecular flexibility index (Phi) is 7.18. The van der Waals surface area contributed by atoms with Gasteiger partial charge in [-0.2, -0.15) is 0 Å². The standard InChI is InChI=1S/C20H28FN3O3/c21-18-4-2-17(3-5-18)20(26)24-10-6-16(7-11-24)19(25)22-8-1-9-23-12-14-27-15-13-23/h2-5,16H,1,6-15H2,(H,22,25). The number of halogens is 1. The summed E-state index contributed by atoms with van der Waals surface area (Å²) in [7, 11) is 0. The minimum Gasteiger partial charge on any atom is -0.379 e. The topological polar surface area (TPSA) is 61.9 Å². The number of morpholine rings is 1. The smallest absolute Gasteiger partial charge is 0.253 e. The van der Waals surface area contributed by atoms with Crippen molar-refractivity contribution in [3.63, 3.8) is 0 Å². The van der Waals surface area contributed by atoms with Crippen LogP contribution < -0.4 is 5.32 Å². The summed E-state index contributed by atoms with van der Waals surface area (Å²) in [4.78, 5) is 28.9. The monoisotopic (exact) mass is 377 g/mol. The fraction of sp³-hybridized carbons (Fsp3) is 0.600. The van der Waals surface area contributed by atoms with Crippen LogP contribution in [-0.2, 0) is 9.53 Å². The lowest BCUT2D eigenvalue weighted by atomic mass is 9.95. The van der Waals surface area contributed by atoms with Crippen LogP contribution in [0.15, 0.2) is 24.3 Å². The molecule has 1 aromatic rings. The predicted molar refractivity (Wildman–Crippen MR) is 99.9 cm³/mol. The number of amides is 2. The molecule has 0 unspecified atom stereocenters. The Morgan fingerprint density at radius 3 is 2.41 bits per heavy atom. The van der Waals surface area contributed by atoms with Gasteiger partial charge in [-0.3, -0.25) is 14.5 Å². The van der Waals surface area contributed by atoms with Crippen molar-refractivity contribution >= 4 is 11.8 Å². The molecule has 0 bridgehead atoms. The molecule has 7 heteroatoms. The highest BCUT2D eigenvalue weighted by Gasteiger charge is 2.27. The minimum atomic E-state index is -0.351. The van der Waals surface area contributed by atoms with Gasteiger partial charge in [-0.1, -0.05) is 0 Å². The summed E-state index contributed by atoms with van der Waals surface area (Å²) in [5.41, 5.74) is 0.488. The summed E-state index contributed by atoms with van der Waals surface area (Å²) in [6.07, 6.45) is 2.28. The zero-order valence-corrected chi connectivity index (χ0v) is 15.7. The third-order valence-corrected chi connectivity index (χ3v) is 5.30. The lowest BCUT2D eigenvalue weighted by molar-refractivity contribution is -0.126. The van der Waals surface area contributed by atoms with Crippen molar-refractivity contribution in [2.24, 2.45) is 5.92 Å². The molecule has 0 aliphatic carbocycles. The van der Waals surface area contributed by atoms with Crippen molar-refractivity contribution in [3.05, 3.63) is 35.6 Å². The van der Waals surface area contributed by atoms with Crippen LogP contribution in [0, 0.1) is 11.7 Å². The number of hydrogen-bond acceptors (Lipinski definition) is 4. The molecule has 2 aliphatic rings. The number of ether oxygens (including phenoxy) is 1. The maximum Gasteiger partial charge on any atom is 0.253 e. The zero-order valence-electron chi connectivity index (χ0n) is 15.7. The highest BCUT2D eigenvalue weighted by Crippen LogP contribution is 2.19. The van der Waals surface area contributed by atoms with Crippen molar-refractivity contribution in [2.75, 3.05) is 52.5 Å². The zero-order chi connectivity index (χ0) is 19.1. The first-order valence-corrected chi connectivity index (χ1v) is 9.76. The summed E-state index contributed by atoms with van der Waals surface area (Å²) in [5, 5.41) is 3.03. The molecule has 1 N–H and O–H groups in total. The quantitative estimate of drug-likeness (QED) is 0.764. The molecule has 2 heterocycles. The molecule has 2 saturated heterocycles. The second kappa shape index (κ2) is 9.80. The van der Waals surface area contributed by atoms with Crippen LogP contribution in [0.4, 0.5) is 4.39 Å². The number of piperidine rings is 1. The molecule has 0 saturated carbocycles. The molecule has 1 aromatic carbocycles. The van der Waals surface area contributed by atoms with Gasteiger partial charge in [-0.25, -0.2) is 4.39 Å². The number of rotatable bonds is 6. The molecular weight excluding hydrogens is 349 g/mol. The minimum absolute atomic E-state index is 0.0364. The molecule has 27 heavy (non-hydrogen) atoms. The third-order valence-electron chi connectivity index (χ3n) is 5.30. The Morgan fingerprint density at radius 2 is 1.74 bits per heavy atom. The van der Waals surface area contributed by atoms with E-state index in [4.69, 9.17) is 4.74 Å². The number of likely N-dealkylation sites (tertiary alicyclic amines) is 1. The van der Waals surface area contributed by atoms with Gasteiger partial charge >= 0.3 is 0 Å². The van der Waals surface area contributed by atoms with Gasteiger partial charge in [0.25, 0.3) is 5.91 Å². The number of nitrogens with one attached hydrogen (secondary N) is 1. The Morgan fingerprint density at radius 1 is 1.07 bits per heavy atom. The van der Waals surface area contributed by atoms with Gasteiger partial charge in [-0.05, 0) is 50.1 Å². The molecule has 3 rings (SSSR count). The Labute approximate surface area is 159 Å². The molecule has 2 aliphatic heterocycles. The van der Waals surface area contributed by atoms with Crippen LogP contribution in [0.1, 0.15) is 29.6 Å². The first-order valence-electron chi connectivity index (χ1n) is 9.76. The maximum absolute atomic E-state index is 13.0. The van der Waals surface area contributed by atoms with Gasteiger partial charge in [0.05, 0.1) is 13.2 Å². The third kappa shape index (κ3) is 5.74. The normalized spacial score (nSPS) is 19.1. The van der Waals surface area contributed by atoms with Crippen molar-refractivity contribution < 1.29 is 18.7 Å². The van der Waals surface area contributed by atoms with E-state index in [0.29, 0.717) is 38.0 Å². The average molecular weight is 377 g/mol. The fourth-order valence-corrected chi connectivity index (χ4v) is 3.60. The van der Waals surface area contributed by atoms with E-state index < -0.39 is 0 Å². The number of nitrogens with zero attached hydrogens (tertiary/aromatic N) is 2. The highest BCUT2D eigenvalue weighted by atomic mass is 19.1. The molecule has 148 valence electrons. The van der Waals surface area contributed by atoms with Crippen molar-refractivity contribution in [2.45, 2.75) is 19.3 Å². The number of hydrogen-bond donors (Lipinski definition) is 1. The van der Waals surface area contributed by atoms with E-state index in [1.807, 2.05) is 0 Å². The second-order valence-corrected chi connectivity index (χ2v) is 7.17. The summed E-state index contributed by atoms with van der Waals surface area (Å²) in [6, 6.07) is 5.60. The summed E-state index contributed by atoms with van der Waals surface area (Å²) < 4.78 is 18.3. The summed E-state index contributed by atoms with van der Waals surface area (Å²) in [6.45, 7) is 6.30. The molecule has 0 aromatic heterocycles. The molecule has 2 fully saturated rings. The summed E-state index contributed by atoms with van der Waals surface area (Å²) >= 11 is 0. The van der Waals surface area contributed by atoms with E-state index >= 15 is 0 Å². The van der Waals surface area contributed by atoms with Gasteiger partial charge in [-0.15, -0.1) is 0 Å². The molecule has 0 atom stereocenters. The lowest BCUT2D eigenvalue weighted by Crippen LogP contribution is -2.43. The van der Waals surface area contributed by atoms with E-state index in [0.717, 1.165) is 39.3 Å². The van der Waals surface area contributed by atoms with Crippen molar-refractivity contribution in [1.82, 2.24) is 15.1 Å². The molecular formula is C20H28FN3O3. The van der Waals surface area contributed by atoms with E-state index in [1.54, 1.807) is 4.90 Å². The lowest BCUT2D eigenvalue weighted by Gasteiger charge is -2.31. The van der Waals surface area contributed by atoms with Gasteiger partial charge in [0.1, 0.15) is 5.82 Å². The Bertz CT molecular complexity index is 624. The number of carbonyl (C=O) groups is 2. The van der Waals surface area contributed by atoms with Crippen molar-refractivity contribution in [1.29, 1.82) is 0 Å². The summed E-state index contributed by atoms with van der Waals surface area (Å²) in [5.74, 6) is -0.397. The first-order chi connectivity index (χ1) is 13.1. The molecule has 6 nitrogen and oxygen atoms in total. The second-order valence-electron chi connectivity index (χ2n) is 7.17. The van der Waals surface area contributed by atoms with Gasteiger partial charge in [0.15, 0.2) is 0 Å². The van der Waals surface area contributed by atoms with Gasteiger partial charge < -0.3 is 15.0 Å². The van der Waals surface area contributed by atoms with Crippen LogP contribution in [0.25, 0.3) is 0 Å². The fourth-order valence-electron chi connectivity index (χ4n) is 3.60. The largest absolute Gasteiger partial charge is 0.379 e. The highest BCUT2D eigenvalue weighted by molar-refractivity contribution is 5.94. The number of carbonyl (C=O) groups excluding carboxylic acids is 2.